The van der Waals surface area contributed by atoms with Crippen LogP contribution in [0.3, 0.4) is 0 Å². The van der Waals surface area contributed by atoms with Crippen LogP contribution in [0.5, 0.6) is 0 Å². The van der Waals surface area contributed by atoms with Crippen LogP contribution in [0.4, 0.5) is 11.5 Å². The van der Waals surface area contributed by atoms with Crippen LogP contribution >= 0.6 is 0 Å². The minimum Gasteiger partial charge on any atom is -0.378 e. The van der Waals surface area contributed by atoms with Crippen LogP contribution in [0.2, 0.25) is 0 Å². The second kappa shape index (κ2) is 8.96. The minimum atomic E-state index is 0.0335. The first kappa shape index (κ1) is 20.4. The Kier molecular flexibility index (Phi) is 5.72. The number of para-hydroxylation sites is 1. The smallest absolute Gasteiger partial charge is 0.257 e. The number of nitrogens with zero attached hydrogens (tertiary/aromatic N) is 7. The van der Waals surface area contributed by atoms with E-state index in [1.165, 1.54) is 0 Å². The highest BCUT2D eigenvalue weighted by molar-refractivity contribution is 5.95. The van der Waals surface area contributed by atoms with E-state index in [4.69, 9.17) is 4.74 Å². The molecule has 9 heteroatoms. The zero-order valence-electron chi connectivity index (χ0n) is 18.2. The summed E-state index contributed by atoms with van der Waals surface area (Å²) in [5.41, 5.74) is 3.51. The first-order valence-electron chi connectivity index (χ1n) is 11.0. The molecule has 0 saturated carbocycles. The fourth-order valence-corrected chi connectivity index (χ4v) is 4.25. The van der Waals surface area contributed by atoms with Gasteiger partial charge in [0.05, 0.1) is 48.2 Å². The number of anilines is 2. The number of hydrogen-bond acceptors (Lipinski definition) is 7. The molecule has 9 nitrogen and oxygen atoms in total. The lowest BCUT2D eigenvalue weighted by atomic mass is 10.2. The van der Waals surface area contributed by atoms with Crippen molar-refractivity contribution in [2.75, 3.05) is 62.3 Å². The molecule has 0 atom stereocenters. The molecule has 2 aromatic heterocycles. The third kappa shape index (κ3) is 4.03. The highest BCUT2D eigenvalue weighted by Gasteiger charge is 2.26. The van der Waals surface area contributed by atoms with Gasteiger partial charge >= 0.3 is 0 Å². The normalized spacial score (nSPS) is 17.0. The number of rotatable bonds is 4. The minimum absolute atomic E-state index is 0.0335. The molecule has 0 aliphatic carbocycles. The van der Waals surface area contributed by atoms with Gasteiger partial charge in [-0.05, 0) is 19.1 Å². The second-order valence-electron chi connectivity index (χ2n) is 8.04. The van der Waals surface area contributed by atoms with Gasteiger partial charge < -0.3 is 19.4 Å². The number of amides is 1. The van der Waals surface area contributed by atoms with Crippen molar-refractivity contribution in [2.45, 2.75) is 6.92 Å². The molecule has 0 spiro atoms. The number of ether oxygens (including phenoxy) is 1. The summed E-state index contributed by atoms with van der Waals surface area (Å²) in [7, 11) is 0. The molecule has 2 aliphatic heterocycles. The molecule has 0 bridgehead atoms. The van der Waals surface area contributed by atoms with Crippen LogP contribution in [0.25, 0.3) is 5.69 Å². The van der Waals surface area contributed by atoms with Crippen LogP contribution in [-0.4, -0.2) is 83.3 Å². The SMILES string of the molecule is Cc1c(C(=O)N2CCN(c3cnnc(N4CCOCC4)c3)CC2)cnn1-c1ccccc1. The Bertz CT molecular complexity index is 1070. The molecule has 1 amide bonds. The van der Waals surface area contributed by atoms with Gasteiger partial charge in [0.1, 0.15) is 0 Å². The third-order valence-electron chi connectivity index (χ3n) is 6.14. The second-order valence-corrected chi connectivity index (χ2v) is 8.04. The molecule has 4 heterocycles. The summed E-state index contributed by atoms with van der Waals surface area (Å²) in [4.78, 5) is 19.6. The lowest BCUT2D eigenvalue weighted by Crippen LogP contribution is -2.49. The van der Waals surface area contributed by atoms with Crippen molar-refractivity contribution in [1.82, 2.24) is 24.9 Å². The molecule has 1 aromatic carbocycles. The first-order valence-corrected chi connectivity index (χ1v) is 11.0. The molecular weight excluding hydrogens is 406 g/mol. The van der Waals surface area contributed by atoms with Crippen molar-refractivity contribution in [3.8, 4) is 5.69 Å². The van der Waals surface area contributed by atoms with E-state index >= 15 is 0 Å². The van der Waals surface area contributed by atoms with Crippen LogP contribution < -0.4 is 9.80 Å². The van der Waals surface area contributed by atoms with E-state index in [9.17, 15) is 4.79 Å². The van der Waals surface area contributed by atoms with Crippen molar-refractivity contribution in [2.24, 2.45) is 0 Å². The maximum absolute atomic E-state index is 13.2. The quantitative estimate of drug-likeness (QED) is 0.620. The molecule has 32 heavy (non-hydrogen) atoms. The fraction of sp³-hybridized carbons (Fsp3) is 0.391. The third-order valence-corrected chi connectivity index (χ3v) is 6.14. The lowest BCUT2D eigenvalue weighted by Gasteiger charge is -2.36. The van der Waals surface area contributed by atoms with Gasteiger partial charge in [0.25, 0.3) is 5.91 Å². The number of piperazine rings is 1. The van der Waals surface area contributed by atoms with E-state index < -0.39 is 0 Å². The molecule has 3 aromatic rings. The Morgan fingerprint density at radius 1 is 0.906 bits per heavy atom. The summed E-state index contributed by atoms with van der Waals surface area (Å²) >= 11 is 0. The Morgan fingerprint density at radius 2 is 1.66 bits per heavy atom. The number of carbonyl (C=O) groups is 1. The van der Waals surface area contributed by atoms with Crippen LogP contribution in [0, 0.1) is 6.92 Å². The zero-order chi connectivity index (χ0) is 21.9. The summed E-state index contributed by atoms with van der Waals surface area (Å²) in [5, 5.41) is 13.0. The zero-order valence-corrected chi connectivity index (χ0v) is 18.2. The topological polar surface area (TPSA) is 79.6 Å². The highest BCUT2D eigenvalue weighted by atomic mass is 16.5. The summed E-state index contributed by atoms with van der Waals surface area (Å²) < 4.78 is 7.25. The highest BCUT2D eigenvalue weighted by Crippen LogP contribution is 2.22. The monoisotopic (exact) mass is 433 g/mol. The van der Waals surface area contributed by atoms with Crippen molar-refractivity contribution in [3.63, 3.8) is 0 Å². The van der Waals surface area contributed by atoms with Crippen LogP contribution in [0.15, 0.2) is 48.8 Å². The molecule has 2 aliphatic rings. The lowest BCUT2D eigenvalue weighted by molar-refractivity contribution is 0.0746. The largest absolute Gasteiger partial charge is 0.378 e. The van der Waals surface area contributed by atoms with Crippen LogP contribution in [0.1, 0.15) is 16.1 Å². The number of carbonyl (C=O) groups excluding carboxylic acids is 1. The van der Waals surface area contributed by atoms with Crippen molar-refractivity contribution >= 4 is 17.4 Å². The Balaban J connectivity index is 1.24. The van der Waals surface area contributed by atoms with Gasteiger partial charge in [-0.2, -0.15) is 10.2 Å². The van der Waals surface area contributed by atoms with Gasteiger partial charge in [-0.3, -0.25) is 4.79 Å². The van der Waals surface area contributed by atoms with Gasteiger partial charge in [-0.25, -0.2) is 4.68 Å². The Labute approximate surface area is 187 Å². The van der Waals surface area contributed by atoms with E-state index in [0.717, 1.165) is 49.1 Å². The summed E-state index contributed by atoms with van der Waals surface area (Å²) in [6, 6.07) is 12.0. The van der Waals surface area contributed by atoms with Crippen molar-refractivity contribution in [3.05, 3.63) is 60.0 Å². The molecule has 2 fully saturated rings. The van der Waals surface area contributed by atoms with Gasteiger partial charge in [-0.1, -0.05) is 18.2 Å². The summed E-state index contributed by atoms with van der Waals surface area (Å²) in [6.45, 7) is 7.86. The summed E-state index contributed by atoms with van der Waals surface area (Å²) in [6.07, 6.45) is 3.48. The van der Waals surface area contributed by atoms with Crippen LogP contribution in [-0.2, 0) is 4.74 Å². The van der Waals surface area contributed by atoms with E-state index in [1.807, 2.05) is 46.8 Å². The Morgan fingerprint density at radius 3 is 2.41 bits per heavy atom. The standard InChI is InChI=1S/C23H27N7O2/c1-18-21(17-25-30(18)19-5-3-2-4-6-19)23(31)29-9-7-27(8-10-29)20-15-22(26-24-16-20)28-11-13-32-14-12-28/h2-6,15-17H,7-14H2,1H3. The number of aromatic nitrogens is 4. The summed E-state index contributed by atoms with van der Waals surface area (Å²) in [5.74, 6) is 0.916. The number of morpholine rings is 1. The molecule has 5 rings (SSSR count). The van der Waals surface area contributed by atoms with Gasteiger partial charge in [0.2, 0.25) is 0 Å². The average Bonchev–Trinajstić information content (AvgIpc) is 3.26. The predicted molar refractivity (Wildman–Crippen MR) is 121 cm³/mol. The van der Waals surface area contributed by atoms with E-state index in [0.29, 0.717) is 31.9 Å². The maximum atomic E-state index is 13.2. The number of benzene rings is 1. The van der Waals surface area contributed by atoms with E-state index in [1.54, 1.807) is 12.4 Å². The van der Waals surface area contributed by atoms with Gasteiger partial charge in [0, 0.05) is 45.3 Å². The maximum Gasteiger partial charge on any atom is 0.257 e. The molecule has 2 saturated heterocycles. The van der Waals surface area contributed by atoms with E-state index in [-0.39, 0.29) is 5.91 Å². The van der Waals surface area contributed by atoms with Crippen molar-refractivity contribution < 1.29 is 9.53 Å². The Hall–Kier alpha value is -3.46. The fourth-order valence-electron chi connectivity index (χ4n) is 4.25. The number of hydrogen-bond donors (Lipinski definition) is 0. The van der Waals surface area contributed by atoms with E-state index in [2.05, 4.69) is 31.2 Å². The van der Waals surface area contributed by atoms with Crippen molar-refractivity contribution in [1.29, 1.82) is 0 Å². The molecular formula is C23H27N7O2. The predicted octanol–water partition coefficient (Wildman–Crippen LogP) is 1.77. The molecule has 0 radical (unpaired) electrons. The average molecular weight is 434 g/mol. The molecule has 166 valence electrons. The molecule has 0 N–H and O–H groups in total. The van der Waals surface area contributed by atoms with Gasteiger partial charge in [-0.15, -0.1) is 5.10 Å². The van der Waals surface area contributed by atoms with Gasteiger partial charge in [0.15, 0.2) is 5.82 Å². The molecule has 0 unspecified atom stereocenters. The first-order chi connectivity index (χ1) is 15.7.